The summed E-state index contributed by atoms with van der Waals surface area (Å²) < 4.78 is 2.90. The maximum atomic E-state index is 2.90. The lowest BCUT2D eigenvalue weighted by Gasteiger charge is -2.57. The second kappa shape index (κ2) is 18.2. The van der Waals surface area contributed by atoms with Gasteiger partial charge in [0.25, 0.3) is 0 Å². The summed E-state index contributed by atoms with van der Waals surface area (Å²) in [4.78, 5) is 5.25. The van der Waals surface area contributed by atoms with E-state index in [0.717, 1.165) is 35.5 Å². The zero-order valence-corrected chi connectivity index (χ0v) is 52.4. The fraction of sp³-hybridized carbons (Fsp3) is 0.407. The van der Waals surface area contributed by atoms with Crippen LogP contribution in [0.4, 0.5) is 34.1 Å². The summed E-state index contributed by atoms with van der Waals surface area (Å²) >= 11 is 0. The molecule has 10 aliphatic rings. The zero-order chi connectivity index (χ0) is 57.8. The second-order valence-corrected chi connectivity index (χ2v) is 32.4. The fourth-order valence-corrected chi connectivity index (χ4v) is 20.3. The minimum absolute atomic E-state index is 0.0293. The van der Waals surface area contributed by atoms with Crippen LogP contribution in [0.1, 0.15) is 173 Å². The van der Waals surface area contributed by atoms with Gasteiger partial charge in [-0.3, -0.25) is 0 Å². The van der Waals surface area contributed by atoms with Gasteiger partial charge in [-0.2, -0.15) is 0 Å². The molecule has 428 valence electrons. The molecule has 4 heteroatoms. The van der Waals surface area contributed by atoms with E-state index >= 15 is 0 Å². The van der Waals surface area contributed by atoms with Gasteiger partial charge in [-0.1, -0.05) is 135 Å². The van der Waals surface area contributed by atoms with Crippen LogP contribution < -0.4 is 20.7 Å². The summed E-state index contributed by atoms with van der Waals surface area (Å²) in [6.45, 7) is 23.3. The summed E-state index contributed by atoms with van der Waals surface area (Å²) in [7, 11) is 0. The first kappa shape index (κ1) is 52.5. The summed E-state index contributed by atoms with van der Waals surface area (Å²) in [6, 6.07) is 64.0. The number of rotatable bonds is 7. The predicted octanol–water partition coefficient (Wildman–Crippen LogP) is 20.5. The Balaban J connectivity index is 0.958. The highest BCUT2D eigenvalue weighted by molar-refractivity contribution is 6.90. The summed E-state index contributed by atoms with van der Waals surface area (Å²) in [5, 5.41) is 2.99. The van der Waals surface area contributed by atoms with Gasteiger partial charge < -0.3 is 14.3 Å². The number of benzene rings is 8. The maximum Gasteiger partial charge on any atom is 0.333 e. The van der Waals surface area contributed by atoms with Gasteiger partial charge in [0.05, 0.1) is 5.69 Å². The molecule has 0 radical (unpaired) electrons. The van der Waals surface area contributed by atoms with Crippen LogP contribution in [0, 0.1) is 42.4 Å². The molecule has 3 heterocycles. The Morgan fingerprint density at radius 3 is 1.48 bits per heavy atom. The molecule has 19 rings (SSSR count). The quantitative estimate of drug-likeness (QED) is 0.147. The molecular formula is C81H86BN3. The molecule has 0 atom stereocenters. The number of hydrogen-bond acceptors (Lipinski definition) is 2. The van der Waals surface area contributed by atoms with Gasteiger partial charge in [0, 0.05) is 61.4 Å². The van der Waals surface area contributed by atoms with Crippen molar-refractivity contribution in [2.45, 2.75) is 173 Å². The summed E-state index contributed by atoms with van der Waals surface area (Å²) in [5.41, 5.74) is 27.5. The van der Waals surface area contributed by atoms with Crippen molar-refractivity contribution in [3.05, 3.63) is 191 Å². The second-order valence-electron chi connectivity index (χ2n) is 32.4. The highest BCUT2D eigenvalue weighted by Crippen LogP contribution is 2.64. The number of nitrogens with zero attached hydrogens (tertiary/aromatic N) is 3. The van der Waals surface area contributed by atoms with E-state index in [9.17, 15) is 0 Å². The molecule has 8 aromatic carbocycles. The first-order valence-corrected chi connectivity index (χ1v) is 33.2. The van der Waals surface area contributed by atoms with E-state index in [-0.39, 0.29) is 28.5 Å². The first-order chi connectivity index (χ1) is 40.7. The lowest BCUT2D eigenvalue weighted by atomic mass is 9.44. The largest absolute Gasteiger partial charge is 0.375 e. The topological polar surface area (TPSA) is 11.4 Å². The SMILES string of the molecule is Cc1cc2c3c(c1)N(c1ccc(C(C)(C)C)cc1-c1ccccc1)c1ccc(N(c4ccc(C(C)(C)C)cc4)c4ccc(C(C)(C)C)cc4)cc1B3n1c3ccc(C45CC6CC(CC(C6)C4)C5)cc3c3cc(C45CC6CC(CC(C6)C4)C5)cc-2c31. The minimum atomic E-state index is -0.0810. The average molecular weight is 1110 g/mol. The van der Waals surface area contributed by atoms with E-state index in [1.165, 1.54) is 188 Å². The van der Waals surface area contributed by atoms with Crippen molar-refractivity contribution in [1.29, 1.82) is 0 Å². The lowest BCUT2D eigenvalue weighted by Crippen LogP contribution is -2.57. The van der Waals surface area contributed by atoms with Crippen LogP contribution in [0.5, 0.6) is 0 Å². The standard InChI is InChI=1S/C81H86BN3/c1-49-30-67-69-41-61(81-46-53-35-54(47-81)37-55(36-53)48-81)40-68-66-39-60(80-43-50-32-51(44-80)34-52(33-50)45-80)21-28-72(66)85(76(68)69)82-70-42-64(83(62-22-16-57(17-23-62)77(2,3)4)63-24-18-58(19-25-63)78(5,6)7)26-29-73(70)84(74(31-49)75(67)82)71-27-20-59(79(8,9)10)38-65(71)56-14-12-11-13-15-56/h11-31,38-42,50-55H,32-37,43-48H2,1-10H3. The molecule has 8 aliphatic carbocycles. The molecular weight excluding hydrogens is 1030 g/mol. The van der Waals surface area contributed by atoms with Crippen LogP contribution in [0.15, 0.2) is 158 Å². The van der Waals surface area contributed by atoms with Gasteiger partial charge in [-0.15, -0.1) is 0 Å². The molecule has 8 fully saturated rings. The monoisotopic (exact) mass is 1110 g/mol. The van der Waals surface area contributed by atoms with Crippen molar-refractivity contribution < 1.29 is 0 Å². The highest BCUT2D eigenvalue weighted by atomic mass is 15.2. The van der Waals surface area contributed by atoms with Crippen LogP contribution in [0.2, 0.25) is 0 Å². The van der Waals surface area contributed by atoms with Crippen LogP contribution >= 0.6 is 0 Å². The van der Waals surface area contributed by atoms with Crippen molar-refractivity contribution in [3.63, 3.8) is 0 Å². The average Bonchev–Trinajstić information content (AvgIpc) is 1.77. The predicted molar refractivity (Wildman–Crippen MR) is 361 cm³/mol. The normalized spacial score (nSPS) is 26.0. The fourth-order valence-electron chi connectivity index (χ4n) is 20.3. The van der Waals surface area contributed by atoms with Gasteiger partial charge in [-0.25, -0.2) is 0 Å². The van der Waals surface area contributed by atoms with Gasteiger partial charge in [0.2, 0.25) is 0 Å². The number of aryl methyl sites for hydroxylation is 1. The molecule has 9 aromatic rings. The molecule has 2 aliphatic heterocycles. The van der Waals surface area contributed by atoms with Crippen molar-refractivity contribution in [3.8, 4) is 22.3 Å². The molecule has 0 spiro atoms. The van der Waals surface area contributed by atoms with Crippen LogP contribution in [0.25, 0.3) is 44.1 Å². The van der Waals surface area contributed by atoms with E-state index in [0.29, 0.717) is 5.41 Å². The molecule has 3 nitrogen and oxygen atoms in total. The number of aromatic nitrogens is 1. The molecule has 0 amide bonds. The minimum Gasteiger partial charge on any atom is -0.375 e. The van der Waals surface area contributed by atoms with Gasteiger partial charge in [0.1, 0.15) is 0 Å². The molecule has 1 aromatic heterocycles. The third kappa shape index (κ3) is 8.10. The lowest BCUT2D eigenvalue weighted by molar-refractivity contribution is -0.00527. The van der Waals surface area contributed by atoms with Crippen molar-refractivity contribution in [2.75, 3.05) is 9.80 Å². The van der Waals surface area contributed by atoms with Gasteiger partial charge >= 0.3 is 6.85 Å². The zero-order valence-electron chi connectivity index (χ0n) is 52.4. The number of hydrogen-bond donors (Lipinski definition) is 0. The third-order valence-electron chi connectivity index (χ3n) is 23.5. The van der Waals surface area contributed by atoms with E-state index in [2.05, 4.69) is 241 Å². The van der Waals surface area contributed by atoms with E-state index in [4.69, 9.17) is 0 Å². The molecule has 0 N–H and O–H groups in total. The Kier molecular flexibility index (Phi) is 11.2. The number of fused-ring (bicyclic) bond motifs is 7. The van der Waals surface area contributed by atoms with E-state index in [1.807, 2.05) is 0 Å². The van der Waals surface area contributed by atoms with Crippen molar-refractivity contribution in [1.82, 2.24) is 4.48 Å². The molecule has 0 saturated heterocycles. The Morgan fingerprint density at radius 2 is 0.929 bits per heavy atom. The first-order valence-electron chi connectivity index (χ1n) is 33.2. The van der Waals surface area contributed by atoms with Crippen LogP contribution in [-0.2, 0) is 27.1 Å². The maximum absolute atomic E-state index is 2.90. The molecule has 85 heavy (non-hydrogen) atoms. The molecule has 0 unspecified atom stereocenters. The van der Waals surface area contributed by atoms with E-state index < -0.39 is 0 Å². The third-order valence-corrected chi connectivity index (χ3v) is 23.5. The smallest absolute Gasteiger partial charge is 0.333 e. The number of anilines is 6. The van der Waals surface area contributed by atoms with E-state index in [1.54, 1.807) is 11.1 Å². The van der Waals surface area contributed by atoms with Crippen molar-refractivity contribution >= 4 is 73.7 Å². The Bertz CT molecular complexity index is 4080. The van der Waals surface area contributed by atoms with Crippen LogP contribution in [0.3, 0.4) is 0 Å². The van der Waals surface area contributed by atoms with Gasteiger partial charge in [0.15, 0.2) is 0 Å². The molecule has 8 saturated carbocycles. The summed E-state index contributed by atoms with van der Waals surface area (Å²) in [6.07, 6.45) is 17.0. The Labute approximate surface area is 507 Å². The van der Waals surface area contributed by atoms with Crippen LogP contribution in [-0.4, -0.2) is 11.3 Å². The Morgan fingerprint density at radius 1 is 0.424 bits per heavy atom. The molecule has 8 bridgehead atoms. The summed E-state index contributed by atoms with van der Waals surface area (Å²) in [5.74, 6) is 5.29. The Hall–Kier alpha value is -6.78. The highest BCUT2D eigenvalue weighted by Gasteiger charge is 2.54. The van der Waals surface area contributed by atoms with Crippen molar-refractivity contribution in [2.24, 2.45) is 35.5 Å². The van der Waals surface area contributed by atoms with Gasteiger partial charge in [-0.05, 0) is 287 Å².